The van der Waals surface area contributed by atoms with Crippen molar-refractivity contribution in [1.82, 2.24) is 4.98 Å². The van der Waals surface area contributed by atoms with E-state index < -0.39 is 17.6 Å². The van der Waals surface area contributed by atoms with Gasteiger partial charge in [0.15, 0.2) is 17.5 Å². The number of aromatic nitrogens is 1. The molecule has 0 amide bonds. The first kappa shape index (κ1) is 16.4. The number of pyridine rings is 1. The van der Waals surface area contributed by atoms with E-state index in [1.165, 1.54) is 0 Å². The van der Waals surface area contributed by atoms with Crippen molar-refractivity contribution in [1.29, 1.82) is 0 Å². The summed E-state index contributed by atoms with van der Waals surface area (Å²) in [5.41, 5.74) is 0. The number of quaternary nitrogens is 1. The van der Waals surface area contributed by atoms with Gasteiger partial charge in [-0.1, -0.05) is 23.4 Å². The third-order valence-electron chi connectivity index (χ3n) is 3.52. The fraction of sp³-hybridized carbons (Fsp3) is 0.267. The van der Waals surface area contributed by atoms with Gasteiger partial charge in [-0.05, 0) is 24.3 Å². The summed E-state index contributed by atoms with van der Waals surface area (Å²) in [6.07, 6.45) is 0. The lowest BCUT2D eigenvalue weighted by Gasteiger charge is -2.27. The number of nitrogens with zero attached hydrogens (tertiary/aromatic N) is 2. The average molecular weight is 361 g/mol. The maximum atomic E-state index is 14.7. The quantitative estimate of drug-likeness (QED) is 0.854. The fourth-order valence-corrected chi connectivity index (χ4v) is 3.35. The summed E-state index contributed by atoms with van der Waals surface area (Å²) in [6.45, 7) is 2.61. The number of halogens is 4. The second-order valence-corrected chi connectivity index (χ2v) is 6.61. The SMILES string of the molecule is Fc1nc(N2CC[NH2+]CC2)c(F)c(Sc2ccc(Cl)cc2)c1F. The van der Waals surface area contributed by atoms with Crippen LogP contribution in [0.5, 0.6) is 0 Å². The van der Waals surface area contributed by atoms with E-state index in [0.717, 1.165) is 24.9 Å². The maximum Gasteiger partial charge on any atom is 0.252 e. The first-order valence-corrected chi connectivity index (χ1v) is 8.30. The Kier molecular flexibility index (Phi) is 4.99. The van der Waals surface area contributed by atoms with Gasteiger partial charge in [-0.15, -0.1) is 0 Å². The van der Waals surface area contributed by atoms with Crippen molar-refractivity contribution in [3.05, 3.63) is 46.9 Å². The molecule has 1 aromatic heterocycles. The Labute approximate surface area is 140 Å². The Bertz CT molecular complexity index is 706. The van der Waals surface area contributed by atoms with E-state index in [2.05, 4.69) is 10.3 Å². The second kappa shape index (κ2) is 6.98. The molecule has 0 aliphatic carbocycles. The van der Waals surface area contributed by atoms with E-state index in [0.29, 0.717) is 23.0 Å². The number of hydrogen-bond acceptors (Lipinski definition) is 3. The molecule has 2 N–H and O–H groups in total. The first-order chi connectivity index (χ1) is 11.1. The van der Waals surface area contributed by atoms with Crippen LogP contribution in [-0.4, -0.2) is 31.2 Å². The van der Waals surface area contributed by atoms with E-state index in [9.17, 15) is 13.2 Å². The zero-order valence-electron chi connectivity index (χ0n) is 12.0. The van der Waals surface area contributed by atoms with Crippen LogP contribution in [0.4, 0.5) is 19.0 Å². The van der Waals surface area contributed by atoms with Crippen molar-refractivity contribution in [3.8, 4) is 0 Å². The van der Waals surface area contributed by atoms with Crippen molar-refractivity contribution in [2.75, 3.05) is 31.1 Å². The molecule has 1 aliphatic rings. The van der Waals surface area contributed by atoms with E-state index in [4.69, 9.17) is 11.6 Å². The fourth-order valence-electron chi connectivity index (χ4n) is 2.36. The zero-order chi connectivity index (χ0) is 16.4. The lowest BCUT2D eigenvalue weighted by atomic mass is 10.3. The molecule has 0 radical (unpaired) electrons. The highest BCUT2D eigenvalue weighted by atomic mass is 35.5. The molecule has 1 aliphatic heterocycles. The normalized spacial score (nSPS) is 15.0. The minimum Gasteiger partial charge on any atom is -0.343 e. The molecule has 122 valence electrons. The molecule has 1 fully saturated rings. The van der Waals surface area contributed by atoms with Crippen LogP contribution >= 0.6 is 23.4 Å². The molecular formula is C15H14ClF3N3S+. The summed E-state index contributed by atoms with van der Waals surface area (Å²) in [7, 11) is 0. The molecule has 2 heterocycles. The largest absolute Gasteiger partial charge is 0.343 e. The lowest BCUT2D eigenvalue weighted by Crippen LogP contribution is -2.89. The summed E-state index contributed by atoms with van der Waals surface area (Å²) in [6, 6.07) is 6.47. The molecule has 23 heavy (non-hydrogen) atoms. The highest BCUT2D eigenvalue weighted by molar-refractivity contribution is 7.99. The van der Waals surface area contributed by atoms with E-state index in [1.54, 1.807) is 29.2 Å². The molecule has 0 atom stereocenters. The minimum atomic E-state index is -1.28. The van der Waals surface area contributed by atoms with Gasteiger partial charge in [0.2, 0.25) is 0 Å². The van der Waals surface area contributed by atoms with Crippen molar-refractivity contribution in [2.24, 2.45) is 0 Å². The Morgan fingerprint density at radius 3 is 2.35 bits per heavy atom. The van der Waals surface area contributed by atoms with Crippen molar-refractivity contribution >= 4 is 29.2 Å². The topological polar surface area (TPSA) is 32.7 Å². The van der Waals surface area contributed by atoms with Crippen LogP contribution in [0.3, 0.4) is 0 Å². The number of piperazine rings is 1. The molecule has 0 saturated carbocycles. The summed E-state index contributed by atoms with van der Waals surface area (Å²) >= 11 is 6.61. The number of hydrogen-bond donors (Lipinski definition) is 1. The summed E-state index contributed by atoms with van der Waals surface area (Å²) < 4.78 is 42.5. The molecule has 1 aromatic carbocycles. The van der Waals surface area contributed by atoms with E-state index in [-0.39, 0.29) is 10.7 Å². The molecule has 8 heteroatoms. The standard InChI is InChI=1S/C15H13ClF3N3S/c16-9-1-3-10(4-2-9)23-13-11(17)14(19)21-15(12(13)18)22-7-5-20-6-8-22/h1-4,20H,5-8H2/p+1. The molecule has 0 bridgehead atoms. The number of rotatable bonds is 3. The summed E-state index contributed by atoms with van der Waals surface area (Å²) in [5, 5.41) is 2.60. The third-order valence-corrected chi connectivity index (χ3v) is 4.84. The Balaban J connectivity index is 1.97. The van der Waals surface area contributed by atoms with Crippen LogP contribution in [-0.2, 0) is 0 Å². The molecular weight excluding hydrogens is 347 g/mol. The van der Waals surface area contributed by atoms with Gasteiger partial charge < -0.3 is 10.2 Å². The van der Waals surface area contributed by atoms with Crippen LogP contribution in [0.2, 0.25) is 5.02 Å². The van der Waals surface area contributed by atoms with Crippen molar-refractivity contribution in [2.45, 2.75) is 9.79 Å². The number of anilines is 1. The highest BCUT2D eigenvalue weighted by Crippen LogP contribution is 2.36. The van der Waals surface area contributed by atoms with Crippen LogP contribution in [0, 0.1) is 17.6 Å². The number of nitrogens with two attached hydrogens (primary N) is 1. The van der Waals surface area contributed by atoms with Crippen LogP contribution in [0.15, 0.2) is 34.1 Å². The van der Waals surface area contributed by atoms with Crippen LogP contribution < -0.4 is 10.2 Å². The van der Waals surface area contributed by atoms with E-state index >= 15 is 0 Å². The van der Waals surface area contributed by atoms with Gasteiger partial charge in [0, 0.05) is 9.92 Å². The Morgan fingerprint density at radius 2 is 1.70 bits per heavy atom. The predicted octanol–water partition coefficient (Wildman–Crippen LogP) is 2.69. The first-order valence-electron chi connectivity index (χ1n) is 7.11. The monoisotopic (exact) mass is 360 g/mol. The minimum absolute atomic E-state index is 0.131. The van der Waals surface area contributed by atoms with Gasteiger partial charge in [-0.25, -0.2) is 8.78 Å². The van der Waals surface area contributed by atoms with Gasteiger partial charge in [-0.3, -0.25) is 0 Å². The number of benzene rings is 1. The highest BCUT2D eigenvalue weighted by Gasteiger charge is 2.26. The molecule has 3 nitrogen and oxygen atoms in total. The predicted molar refractivity (Wildman–Crippen MR) is 83.6 cm³/mol. The van der Waals surface area contributed by atoms with Gasteiger partial charge in [-0.2, -0.15) is 9.37 Å². The van der Waals surface area contributed by atoms with Gasteiger partial charge in [0.25, 0.3) is 5.95 Å². The second-order valence-electron chi connectivity index (χ2n) is 5.09. The molecule has 3 rings (SSSR count). The average Bonchev–Trinajstić information content (AvgIpc) is 2.57. The molecule has 0 spiro atoms. The van der Waals surface area contributed by atoms with Crippen molar-refractivity contribution in [3.63, 3.8) is 0 Å². The molecule has 0 unspecified atom stereocenters. The zero-order valence-corrected chi connectivity index (χ0v) is 13.6. The van der Waals surface area contributed by atoms with Gasteiger partial charge in [0.05, 0.1) is 31.1 Å². The van der Waals surface area contributed by atoms with Gasteiger partial charge in [0.1, 0.15) is 0 Å². The molecule has 1 saturated heterocycles. The van der Waals surface area contributed by atoms with Crippen LogP contribution in [0.25, 0.3) is 0 Å². The van der Waals surface area contributed by atoms with E-state index in [1.807, 2.05) is 0 Å². The lowest BCUT2D eigenvalue weighted by molar-refractivity contribution is -0.655. The van der Waals surface area contributed by atoms with Crippen molar-refractivity contribution < 1.29 is 18.5 Å². The summed E-state index contributed by atoms with van der Waals surface area (Å²) in [5.74, 6) is -3.51. The molecule has 2 aromatic rings. The Hall–Kier alpha value is -1.44. The Morgan fingerprint density at radius 1 is 1.04 bits per heavy atom. The smallest absolute Gasteiger partial charge is 0.252 e. The summed E-state index contributed by atoms with van der Waals surface area (Å²) in [4.78, 5) is 5.30. The van der Waals surface area contributed by atoms with Crippen LogP contribution in [0.1, 0.15) is 0 Å². The van der Waals surface area contributed by atoms with Gasteiger partial charge >= 0.3 is 0 Å². The maximum absolute atomic E-state index is 14.7. The third kappa shape index (κ3) is 3.57.